The maximum absolute atomic E-state index is 13.8. The Kier molecular flexibility index (Phi) is 3.48. The summed E-state index contributed by atoms with van der Waals surface area (Å²) >= 11 is 6.38. The molecule has 0 saturated carbocycles. The molecule has 0 atom stereocenters. The molecular weight excluding hydrogens is 288 g/mol. The molecule has 0 aliphatic carbocycles. The summed E-state index contributed by atoms with van der Waals surface area (Å²) in [5, 5.41) is 18.0. The second-order valence-electron chi connectivity index (χ2n) is 3.15. The third kappa shape index (κ3) is 2.16. The van der Waals surface area contributed by atoms with Crippen molar-refractivity contribution in [2.24, 2.45) is 0 Å². The summed E-state index contributed by atoms with van der Waals surface area (Å²) in [4.78, 5) is 9.64. The minimum absolute atomic E-state index is 0.0514. The van der Waals surface area contributed by atoms with Gasteiger partial charge in [-0.25, -0.2) is 4.39 Å². The molecule has 1 aromatic heterocycles. The quantitative estimate of drug-likeness (QED) is 0.495. The van der Waals surface area contributed by atoms with Gasteiger partial charge in [-0.15, -0.1) is 21.8 Å². The van der Waals surface area contributed by atoms with Gasteiger partial charge in [0.15, 0.2) is 5.01 Å². The SMILES string of the molecule is O=[N+]([O-])c1ccc(F)c(-c2nnc(CCl)s2)c1F. The van der Waals surface area contributed by atoms with Crippen molar-refractivity contribution in [1.29, 1.82) is 0 Å². The van der Waals surface area contributed by atoms with E-state index in [9.17, 15) is 18.9 Å². The number of aromatic nitrogens is 2. The van der Waals surface area contributed by atoms with Gasteiger partial charge in [0, 0.05) is 6.07 Å². The average molecular weight is 292 g/mol. The molecule has 0 aliphatic heterocycles. The first-order valence-electron chi connectivity index (χ1n) is 4.55. The van der Waals surface area contributed by atoms with Crippen LogP contribution in [0.5, 0.6) is 0 Å². The Hall–Kier alpha value is -1.67. The zero-order chi connectivity index (χ0) is 13.3. The predicted octanol–water partition coefficient (Wildman–Crippen LogP) is 3.13. The van der Waals surface area contributed by atoms with Crippen LogP contribution >= 0.6 is 22.9 Å². The van der Waals surface area contributed by atoms with Gasteiger partial charge < -0.3 is 0 Å². The molecule has 1 aromatic carbocycles. The molecule has 0 saturated heterocycles. The molecule has 1 heterocycles. The fourth-order valence-corrected chi connectivity index (χ4v) is 2.23. The Morgan fingerprint density at radius 3 is 2.67 bits per heavy atom. The van der Waals surface area contributed by atoms with E-state index in [0.717, 1.165) is 23.5 Å². The lowest BCUT2D eigenvalue weighted by Gasteiger charge is -2.01. The van der Waals surface area contributed by atoms with Gasteiger partial charge in [0.2, 0.25) is 5.82 Å². The van der Waals surface area contributed by atoms with Gasteiger partial charge in [-0.3, -0.25) is 10.1 Å². The topological polar surface area (TPSA) is 68.9 Å². The smallest absolute Gasteiger partial charge is 0.258 e. The van der Waals surface area contributed by atoms with Crippen molar-refractivity contribution in [3.05, 3.63) is 38.9 Å². The van der Waals surface area contributed by atoms with E-state index in [1.165, 1.54) is 0 Å². The molecule has 0 fully saturated rings. The van der Waals surface area contributed by atoms with Crippen molar-refractivity contribution < 1.29 is 13.7 Å². The molecule has 0 radical (unpaired) electrons. The second-order valence-corrected chi connectivity index (χ2v) is 4.48. The van der Waals surface area contributed by atoms with Crippen molar-refractivity contribution in [3.8, 4) is 10.6 Å². The van der Waals surface area contributed by atoms with E-state index in [2.05, 4.69) is 10.2 Å². The highest BCUT2D eigenvalue weighted by molar-refractivity contribution is 7.14. The summed E-state index contributed by atoms with van der Waals surface area (Å²) in [6.07, 6.45) is 0. The van der Waals surface area contributed by atoms with Gasteiger partial charge in [0.1, 0.15) is 10.8 Å². The first kappa shape index (κ1) is 12.8. The molecule has 94 valence electrons. The first-order valence-corrected chi connectivity index (χ1v) is 5.90. The number of nitrogens with zero attached hydrogens (tertiary/aromatic N) is 3. The van der Waals surface area contributed by atoms with Crippen LogP contribution in [0.3, 0.4) is 0 Å². The Balaban J connectivity index is 2.62. The summed E-state index contributed by atoms with van der Waals surface area (Å²) < 4.78 is 27.3. The van der Waals surface area contributed by atoms with Crippen LogP contribution in [-0.4, -0.2) is 15.1 Å². The summed E-state index contributed by atoms with van der Waals surface area (Å²) in [6.45, 7) is 0. The third-order valence-electron chi connectivity index (χ3n) is 2.06. The van der Waals surface area contributed by atoms with Crippen LogP contribution < -0.4 is 0 Å². The first-order chi connectivity index (χ1) is 8.54. The normalized spacial score (nSPS) is 10.6. The minimum atomic E-state index is -1.27. The maximum atomic E-state index is 13.8. The van der Waals surface area contributed by atoms with Crippen LogP contribution in [0.25, 0.3) is 10.6 Å². The molecule has 0 aliphatic rings. The number of hydrogen-bond donors (Lipinski definition) is 0. The van der Waals surface area contributed by atoms with Gasteiger partial charge in [-0.1, -0.05) is 11.3 Å². The van der Waals surface area contributed by atoms with Crippen molar-refractivity contribution >= 4 is 28.6 Å². The van der Waals surface area contributed by atoms with E-state index in [-0.39, 0.29) is 10.9 Å². The molecule has 0 unspecified atom stereocenters. The summed E-state index contributed by atoms with van der Waals surface area (Å²) in [7, 11) is 0. The highest BCUT2D eigenvalue weighted by atomic mass is 35.5. The molecule has 5 nitrogen and oxygen atoms in total. The van der Waals surface area contributed by atoms with E-state index in [4.69, 9.17) is 11.6 Å². The lowest BCUT2D eigenvalue weighted by molar-refractivity contribution is -0.387. The predicted molar refractivity (Wildman–Crippen MR) is 61.5 cm³/mol. The zero-order valence-corrected chi connectivity index (χ0v) is 10.1. The fourth-order valence-electron chi connectivity index (χ4n) is 1.29. The molecule has 0 amide bonds. The van der Waals surface area contributed by atoms with Gasteiger partial charge in [-0.2, -0.15) is 4.39 Å². The van der Waals surface area contributed by atoms with Gasteiger partial charge in [-0.05, 0) is 6.07 Å². The van der Waals surface area contributed by atoms with Crippen LogP contribution in [0.15, 0.2) is 12.1 Å². The van der Waals surface area contributed by atoms with E-state index in [1.807, 2.05) is 0 Å². The maximum Gasteiger partial charge on any atom is 0.305 e. The highest BCUT2D eigenvalue weighted by Crippen LogP contribution is 2.33. The number of hydrogen-bond acceptors (Lipinski definition) is 5. The van der Waals surface area contributed by atoms with Crippen LogP contribution in [0.2, 0.25) is 0 Å². The molecule has 0 N–H and O–H groups in total. The van der Waals surface area contributed by atoms with Crippen molar-refractivity contribution in [1.82, 2.24) is 10.2 Å². The second kappa shape index (κ2) is 4.91. The third-order valence-corrected chi connectivity index (χ3v) is 3.41. The summed E-state index contributed by atoms with van der Waals surface area (Å²) in [6, 6.07) is 1.58. The van der Waals surface area contributed by atoms with E-state index < -0.39 is 27.8 Å². The molecule has 2 aromatic rings. The summed E-state index contributed by atoms with van der Waals surface area (Å²) in [5.41, 5.74) is -1.37. The minimum Gasteiger partial charge on any atom is -0.258 e. The standard InChI is InChI=1S/C9H4ClF2N3O2S/c10-3-6-13-14-9(18-6)7-4(11)1-2-5(8(7)12)15(16)17/h1-2H,3H2. The van der Waals surface area contributed by atoms with Gasteiger partial charge in [0.25, 0.3) is 0 Å². The van der Waals surface area contributed by atoms with Crippen molar-refractivity contribution in [2.75, 3.05) is 0 Å². The average Bonchev–Trinajstić information content (AvgIpc) is 2.77. The highest BCUT2D eigenvalue weighted by Gasteiger charge is 2.24. The lowest BCUT2D eigenvalue weighted by atomic mass is 10.2. The van der Waals surface area contributed by atoms with Crippen molar-refractivity contribution in [2.45, 2.75) is 5.88 Å². The van der Waals surface area contributed by atoms with Crippen LogP contribution in [0.1, 0.15) is 5.01 Å². The largest absolute Gasteiger partial charge is 0.305 e. The Morgan fingerprint density at radius 2 is 2.11 bits per heavy atom. The fraction of sp³-hybridized carbons (Fsp3) is 0.111. The number of rotatable bonds is 3. The number of alkyl halides is 1. The zero-order valence-electron chi connectivity index (χ0n) is 8.56. The lowest BCUT2D eigenvalue weighted by Crippen LogP contribution is -1.97. The molecule has 2 rings (SSSR count). The van der Waals surface area contributed by atoms with Crippen LogP contribution in [-0.2, 0) is 5.88 Å². The molecule has 18 heavy (non-hydrogen) atoms. The molecule has 0 bridgehead atoms. The Bertz CT molecular complexity index is 620. The number of nitro benzene ring substituents is 1. The Morgan fingerprint density at radius 1 is 1.39 bits per heavy atom. The molecule has 9 heteroatoms. The van der Waals surface area contributed by atoms with E-state index in [1.54, 1.807) is 0 Å². The monoisotopic (exact) mass is 291 g/mol. The molecular formula is C9H4ClF2N3O2S. The van der Waals surface area contributed by atoms with Crippen LogP contribution in [0, 0.1) is 21.7 Å². The van der Waals surface area contributed by atoms with Gasteiger partial charge >= 0.3 is 5.69 Å². The van der Waals surface area contributed by atoms with E-state index >= 15 is 0 Å². The summed E-state index contributed by atoms with van der Waals surface area (Å²) in [5.74, 6) is -2.15. The number of halogens is 3. The van der Waals surface area contributed by atoms with Crippen molar-refractivity contribution in [3.63, 3.8) is 0 Å². The van der Waals surface area contributed by atoms with E-state index in [0.29, 0.717) is 5.01 Å². The van der Waals surface area contributed by atoms with Gasteiger partial charge in [0.05, 0.1) is 16.4 Å². The number of benzene rings is 1. The Labute approximate surface area is 108 Å². The molecule has 0 spiro atoms. The number of nitro groups is 1. The van der Waals surface area contributed by atoms with Crippen LogP contribution in [0.4, 0.5) is 14.5 Å².